The van der Waals surface area contributed by atoms with Gasteiger partial charge in [-0.3, -0.25) is 0 Å². The second-order valence-corrected chi connectivity index (χ2v) is 4.30. The number of hydrogen-bond donors (Lipinski definition) is 0. The van der Waals surface area contributed by atoms with E-state index in [1.165, 1.54) is 22.4 Å². The van der Waals surface area contributed by atoms with Crippen molar-refractivity contribution in [2.24, 2.45) is 14.1 Å². The van der Waals surface area contributed by atoms with Crippen LogP contribution in [-0.2, 0) is 14.1 Å². The molecule has 0 unspecified atom stereocenters. The number of fused-ring (bicyclic) bond motifs is 1. The fourth-order valence-electron chi connectivity index (χ4n) is 2.46. The van der Waals surface area contributed by atoms with Crippen LogP contribution < -0.4 is 17.0 Å². The predicted octanol–water partition coefficient (Wildman–Crippen LogP) is -0.326. The van der Waals surface area contributed by atoms with Gasteiger partial charge in [-0.25, -0.2) is 9.13 Å². The topological polar surface area (TPSA) is 8.81 Å². The molecule has 0 saturated carbocycles. The van der Waals surface area contributed by atoms with Crippen molar-refractivity contribution in [1.29, 1.82) is 0 Å². The summed E-state index contributed by atoms with van der Waals surface area (Å²) in [6.07, 6.45) is 0. The van der Waals surface area contributed by atoms with E-state index in [2.05, 4.69) is 71.8 Å². The number of aryl methyl sites for hydroxylation is 2. The highest BCUT2D eigenvalue weighted by Gasteiger charge is 2.20. The van der Waals surface area contributed by atoms with Crippen molar-refractivity contribution in [2.45, 2.75) is 0 Å². The van der Waals surface area contributed by atoms with Crippen molar-refractivity contribution >= 4 is 11.0 Å². The summed E-state index contributed by atoms with van der Waals surface area (Å²) in [5.41, 5.74) is 3.76. The van der Waals surface area contributed by atoms with Crippen molar-refractivity contribution in [3.63, 3.8) is 0 Å². The maximum absolute atomic E-state index is 2.24. The molecule has 0 amide bonds. The normalized spacial score (nSPS) is 10.3. The molecule has 3 heteroatoms. The van der Waals surface area contributed by atoms with Crippen molar-refractivity contribution < 1.29 is 17.0 Å². The first-order valence-electron chi connectivity index (χ1n) is 5.78. The zero-order valence-corrected chi connectivity index (χ0v) is 11.2. The van der Waals surface area contributed by atoms with Gasteiger partial charge in [0.1, 0.15) is 0 Å². The molecule has 0 aliphatic rings. The zero-order valence-electron chi connectivity index (χ0n) is 10.5. The van der Waals surface area contributed by atoms with E-state index in [1.807, 2.05) is 6.07 Å². The second-order valence-electron chi connectivity index (χ2n) is 4.30. The highest BCUT2D eigenvalue weighted by molar-refractivity contribution is 5.75. The van der Waals surface area contributed by atoms with Gasteiger partial charge in [-0.1, -0.05) is 30.3 Å². The minimum atomic E-state index is 0. The van der Waals surface area contributed by atoms with Crippen LogP contribution in [-0.4, -0.2) is 4.57 Å². The number of halogens is 1. The Hall–Kier alpha value is -1.80. The Kier molecular flexibility index (Phi) is 3.39. The summed E-state index contributed by atoms with van der Waals surface area (Å²) >= 11 is 0. The van der Waals surface area contributed by atoms with Gasteiger partial charge >= 0.3 is 0 Å². The van der Waals surface area contributed by atoms with Crippen LogP contribution in [0.2, 0.25) is 0 Å². The Labute approximate surface area is 113 Å². The molecule has 3 rings (SSSR count). The lowest BCUT2D eigenvalue weighted by Gasteiger charge is -1.97. The summed E-state index contributed by atoms with van der Waals surface area (Å²) in [5, 5.41) is 0. The van der Waals surface area contributed by atoms with Gasteiger partial charge in [0.15, 0.2) is 11.0 Å². The number of hydrogen-bond acceptors (Lipinski definition) is 0. The number of nitrogens with zero attached hydrogens (tertiary/aromatic N) is 2. The van der Waals surface area contributed by atoms with Gasteiger partial charge in [0, 0.05) is 0 Å². The summed E-state index contributed by atoms with van der Waals surface area (Å²) in [5.74, 6) is 1.23. The van der Waals surface area contributed by atoms with Gasteiger partial charge in [0.05, 0.1) is 19.7 Å². The number of para-hydroxylation sites is 2. The van der Waals surface area contributed by atoms with E-state index in [9.17, 15) is 0 Å². The standard InChI is InChI=1S/C15H15N2.ClH/c1-16-13-10-6-7-11-14(13)17(2)15(16)12-8-4-3-5-9-12;/h3-11H,1-2H3;1H/q+1;/p-1. The van der Waals surface area contributed by atoms with E-state index in [0.29, 0.717) is 0 Å². The summed E-state index contributed by atoms with van der Waals surface area (Å²) in [6.45, 7) is 0. The Balaban J connectivity index is 0.00000120. The summed E-state index contributed by atoms with van der Waals surface area (Å²) < 4.78 is 4.48. The molecule has 2 nitrogen and oxygen atoms in total. The first-order chi connectivity index (χ1) is 8.29. The first-order valence-corrected chi connectivity index (χ1v) is 5.78. The number of imidazole rings is 1. The third-order valence-electron chi connectivity index (χ3n) is 3.27. The van der Waals surface area contributed by atoms with Crippen LogP contribution in [0.15, 0.2) is 54.6 Å². The fourth-order valence-corrected chi connectivity index (χ4v) is 2.46. The highest BCUT2D eigenvalue weighted by Crippen LogP contribution is 2.20. The van der Waals surface area contributed by atoms with Crippen LogP contribution in [0.5, 0.6) is 0 Å². The van der Waals surface area contributed by atoms with Crippen LogP contribution in [0.3, 0.4) is 0 Å². The molecule has 2 aromatic carbocycles. The lowest BCUT2D eigenvalue weighted by Crippen LogP contribution is -3.00. The van der Waals surface area contributed by atoms with Gasteiger partial charge in [0.25, 0.3) is 5.82 Å². The molecule has 0 aliphatic heterocycles. The third-order valence-corrected chi connectivity index (χ3v) is 3.27. The van der Waals surface area contributed by atoms with Crippen molar-refractivity contribution in [3.8, 4) is 11.4 Å². The minimum absolute atomic E-state index is 0. The molecule has 1 aromatic heterocycles. The van der Waals surface area contributed by atoms with Gasteiger partial charge in [0.2, 0.25) is 0 Å². The van der Waals surface area contributed by atoms with Crippen LogP contribution in [0.25, 0.3) is 22.4 Å². The average molecular weight is 259 g/mol. The van der Waals surface area contributed by atoms with Crippen molar-refractivity contribution in [3.05, 3.63) is 54.6 Å². The second kappa shape index (κ2) is 4.83. The quantitative estimate of drug-likeness (QED) is 0.529. The van der Waals surface area contributed by atoms with E-state index < -0.39 is 0 Å². The van der Waals surface area contributed by atoms with Gasteiger partial charge in [-0.15, -0.1) is 0 Å². The molecule has 0 bridgehead atoms. The molecule has 0 radical (unpaired) electrons. The fraction of sp³-hybridized carbons (Fsp3) is 0.133. The van der Waals surface area contributed by atoms with E-state index in [4.69, 9.17) is 0 Å². The maximum Gasteiger partial charge on any atom is 0.289 e. The first kappa shape index (κ1) is 12.7. The minimum Gasteiger partial charge on any atom is -1.00 e. The van der Waals surface area contributed by atoms with Crippen LogP contribution >= 0.6 is 0 Å². The van der Waals surface area contributed by atoms with Gasteiger partial charge in [-0.2, -0.15) is 0 Å². The van der Waals surface area contributed by atoms with Gasteiger partial charge in [-0.05, 0) is 24.3 Å². The summed E-state index contributed by atoms with van der Waals surface area (Å²) in [7, 11) is 4.23. The molecule has 0 aliphatic carbocycles. The average Bonchev–Trinajstić information content (AvgIpc) is 2.64. The highest BCUT2D eigenvalue weighted by atomic mass is 35.5. The summed E-state index contributed by atoms with van der Waals surface area (Å²) in [4.78, 5) is 0. The van der Waals surface area contributed by atoms with E-state index in [-0.39, 0.29) is 12.4 Å². The lowest BCUT2D eigenvalue weighted by atomic mass is 10.2. The smallest absolute Gasteiger partial charge is 0.289 e. The molecule has 92 valence electrons. The Bertz CT molecular complexity index is 633. The molecule has 18 heavy (non-hydrogen) atoms. The molecular weight excluding hydrogens is 244 g/mol. The zero-order chi connectivity index (χ0) is 11.8. The molecule has 0 saturated heterocycles. The molecule has 0 N–H and O–H groups in total. The van der Waals surface area contributed by atoms with Crippen molar-refractivity contribution in [2.75, 3.05) is 0 Å². The SMILES string of the molecule is Cn1c(-c2ccccc2)[n+](C)c2ccccc21.[Cl-]. The molecule has 0 fully saturated rings. The van der Waals surface area contributed by atoms with E-state index in [0.717, 1.165) is 0 Å². The Morgan fingerprint density at radius 1 is 0.889 bits per heavy atom. The largest absolute Gasteiger partial charge is 1.00 e. The third kappa shape index (κ3) is 1.79. The molecule has 3 aromatic rings. The van der Waals surface area contributed by atoms with Crippen molar-refractivity contribution in [1.82, 2.24) is 4.57 Å². The molecular formula is C15H15ClN2. The number of benzene rings is 2. The Morgan fingerprint density at radius 3 is 2.17 bits per heavy atom. The van der Waals surface area contributed by atoms with Gasteiger partial charge < -0.3 is 12.4 Å². The van der Waals surface area contributed by atoms with Crippen LogP contribution in [0, 0.1) is 0 Å². The predicted molar refractivity (Wildman–Crippen MR) is 69.5 cm³/mol. The molecule has 0 atom stereocenters. The monoisotopic (exact) mass is 258 g/mol. The van der Waals surface area contributed by atoms with Crippen LogP contribution in [0.1, 0.15) is 0 Å². The molecule has 0 spiro atoms. The maximum atomic E-state index is 2.24. The molecule has 1 heterocycles. The van der Waals surface area contributed by atoms with Crippen LogP contribution in [0.4, 0.5) is 0 Å². The number of rotatable bonds is 1. The van der Waals surface area contributed by atoms with E-state index in [1.54, 1.807) is 0 Å². The number of aromatic nitrogens is 2. The summed E-state index contributed by atoms with van der Waals surface area (Å²) in [6, 6.07) is 19.0. The van der Waals surface area contributed by atoms with E-state index >= 15 is 0 Å². The lowest BCUT2D eigenvalue weighted by molar-refractivity contribution is -0.634. The Morgan fingerprint density at radius 2 is 1.50 bits per heavy atom.